The Morgan fingerprint density at radius 3 is 2.55 bits per heavy atom. The Kier molecular flexibility index (Phi) is 4.59. The highest BCUT2D eigenvalue weighted by atomic mass is 32.1. The van der Waals surface area contributed by atoms with Gasteiger partial charge in [0, 0.05) is 38.6 Å². The van der Waals surface area contributed by atoms with Crippen LogP contribution in [0.3, 0.4) is 0 Å². The molecule has 1 aliphatic rings. The van der Waals surface area contributed by atoms with E-state index in [1.165, 1.54) is 17.8 Å². The zero-order valence-corrected chi connectivity index (χ0v) is 14.0. The maximum absolute atomic E-state index is 12.7. The Hall–Kier alpha value is -1.66. The van der Waals surface area contributed by atoms with Gasteiger partial charge in [0.15, 0.2) is 5.13 Å². The van der Waals surface area contributed by atoms with Crippen molar-refractivity contribution < 1.29 is 4.79 Å². The van der Waals surface area contributed by atoms with Crippen LogP contribution < -0.4 is 0 Å². The molecule has 5 nitrogen and oxygen atoms in total. The van der Waals surface area contributed by atoms with Gasteiger partial charge >= 0.3 is 0 Å². The minimum atomic E-state index is 0.129. The molecule has 118 valence electrons. The molecule has 1 amide bonds. The topological polar surface area (TPSA) is 41.4 Å². The van der Waals surface area contributed by atoms with Crippen molar-refractivity contribution in [1.82, 2.24) is 19.4 Å². The lowest BCUT2D eigenvalue weighted by Crippen LogP contribution is -2.48. The Morgan fingerprint density at radius 2 is 1.91 bits per heavy atom. The highest BCUT2D eigenvalue weighted by Gasteiger charge is 2.25. The summed E-state index contributed by atoms with van der Waals surface area (Å²) in [6, 6.07) is 3.93. The zero-order valence-electron chi connectivity index (χ0n) is 13.2. The Labute approximate surface area is 135 Å². The van der Waals surface area contributed by atoms with Crippen LogP contribution in [0.5, 0.6) is 0 Å². The Balaban J connectivity index is 1.71. The quantitative estimate of drug-likeness (QED) is 0.869. The molecule has 0 unspecified atom stereocenters. The predicted octanol–water partition coefficient (Wildman–Crippen LogP) is 2.41. The number of aryl methyl sites for hydroxylation is 1. The first-order chi connectivity index (χ1) is 10.7. The highest BCUT2D eigenvalue weighted by molar-refractivity contribution is 7.16. The number of carbonyl (C=O) groups excluding carboxylic acids is 1. The minimum Gasteiger partial charge on any atom is -0.335 e. The normalized spacial score (nSPS) is 16.2. The number of nitrogens with zero attached hydrogens (tertiary/aromatic N) is 4. The predicted molar refractivity (Wildman–Crippen MR) is 88.8 cm³/mol. The van der Waals surface area contributed by atoms with Crippen LogP contribution in [-0.4, -0.2) is 58.0 Å². The maximum Gasteiger partial charge on any atom is 0.266 e. The van der Waals surface area contributed by atoms with Crippen LogP contribution in [-0.2, 0) is 0 Å². The molecule has 0 aromatic carbocycles. The van der Waals surface area contributed by atoms with Crippen LogP contribution in [0.4, 0.5) is 0 Å². The highest BCUT2D eigenvalue weighted by Crippen LogP contribution is 2.23. The lowest BCUT2D eigenvalue weighted by atomic mass is 10.2. The average Bonchev–Trinajstić information content (AvgIpc) is 3.17. The van der Waals surface area contributed by atoms with Crippen molar-refractivity contribution in [3.63, 3.8) is 0 Å². The molecular weight excluding hydrogens is 296 g/mol. The molecule has 0 aliphatic carbocycles. The first kappa shape index (κ1) is 15.2. The molecule has 0 spiro atoms. The van der Waals surface area contributed by atoms with Gasteiger partial charge in [-0.2, -0.15) is 0 Å². The minimum absolute atomic E-state index is 0.129. The fourth-order valence-corrected chi connectivity index (χ4v) is 3.79. The van der Waals surface area contributed by atoms with Gasteiger partial charge in [0.2, 0.25) is 0 Å². The lowest BCUT2D eigenvalue weighted by molar-refractivity contribution is 0.0641. The molecule has 0 saturated carbocycles. The van der Waals surface area contributed by atoms with Crippen LogP contribution in [0.1, 0.15) is 28.7 Å². The van der Waals surface area contributed by atoms with Gasteiger partial charge in [0.25, 0.3) is 5.91 Å². The lowest BCUT2D eigenvalue weighted by Gasteiger charge is -2.34. The molecule has 0 atom stereocenters. The first-order valence-electron chi connectivity index (χ1n) is 7.81. The number of rotatable bonds is 4. The second kappa shape index (κ2) is 6.62. The molecule has 3 rings (SSSR count). The van der Waals surface area contributed by atoms with Gasteiger partial charge in [-0.15, -0.1) is 0 Å². The monoisotopic (exact) mass is 318 g/mol. The summed E-state index contributed by atoms with van der Waals surface area (Å²) in [5.41, 5.74) is 0.828. The maximum atomic E-state index is 12.7. The molecular formula is C16H22N4OS. The standard InChI is InChI=1S/C16H22N4OS/c1-3-6-18-9-11-19(12-10-18)15(21)14-13(2)17-16(22-14)20-7-4-5-8-20/h4-5,7-8H,3,6,9-12H2,1-2H3. The number of hydrogen-bond acceptors (Lipinski definition) is 4. The molecule has 0 N–H and O–H groups in total. The molecule has 2 aromatic heterocycles. The molecule has 3 heterocycles. The second-order valence-electron chi connectivity index (χ2n) is 5.64. The third-order valence-electron chi connectivity index (χ3n) is 4.00. The number of amides is 1. The van der Waals surface area contributed by atoms with Gasteiger partial charge in [-0.05, 0) is 32.0 Å². The van der Waals surface area contributed by atoms with E-state index >= 15 is 0 Å². The van der Waals surface area contributed by atoms with E-state index in [0.717, 1.165) is 48.4 Å². The van der Waals surface area contributed by atoms with E-state index in [0.29, 0.717) is 0 Å². The van der Waals surface area contributed by atoms with Crippen LogP contribution in [0.25, 0.3) is 5.13 Å². The van der Waals surface area contributed by atoms with E-state index in [9.17, 15) is 4.79 Å². The van der Waals surface area contributed by atoms with Crippen molar-refractivity contribution in [3.8, 4) is 5.13 Å². The summed E-state index contributed by atoms with van der Waals surface area (Å²) < 4.78 is 1.95. The van der Waals surface area contributed by atoms with Gasteiger partial charge in [-0.1, -0.05) is 18.3 Å². The fourth-order valence-electron chi connectivity index (χ4n) is 2.79. The Morgan fingerprint density at radius 1 is 1.23 bits per heavy atom. The molecule has 22 heavy (non-hydrogen) atoms. The van der Waals surface area contributed by atoms with Crippen LogP contribution >= 0.6 is 11.3 Å². The summed E-state index contributed by atoms with van der Waals surface area (Å²) in [5.74, 6) is 0.129. The van der Waals surface area contributed by atoms with E-state index in [-0.39, 0.29) is 5.91 Å². The fraction of sp³-hybridized carbons (Fsp3) is 0.500. The van der Waals surface area contributed by atoms with E-state index in [2.05, 4.69) is 16.8 Å². The SMILES string of the molecule is CCCN1CCN(C(=O)c2sc(-n3cccc3)nc2C)CC1. The van der Waals surface area contributed by atoms with Crippen molar-refractivity contribution in [1.29, 1.82) is 0 Å². The van der Waals surface area contributed by atoms with Crippen molar-refractivity contribution >= 4 is 17.2 Å². The zero-order chi connectivity index (χ0) is 15.5. The number of thiazole rings is 1. The summed E-state index contributed by atoms with van der Waals surface area (Å²) in [5, 5.41) is 0.857. The van der Waals surface area contributed by atoms with Gasteiger partial charge in [-0.3, -0.25) is 9.69 Å². The van der Waals surface area contributed by atoms with Crippen LogP contribution in [0.15, 0.2) is 24.5 Å². The number of carbonyl (C=O) groups is 1. The largest absolute Gasteiger partial charge is 0.335 e. The molecule has 1 aliphatic heterocycles. The molecule has 2 aromatic rings. The Bertz CT molecular complexity index is 627. The van der Waals surface area contributed by atoms with E-state index in [4.69, 9.17) is 0 Å². The summed E-state index contributed by atoms with van der Waals surface area (Å²) >= 11 is 1.48. The van der Waals surface area contributed by atoms with Crippen molar-refractivity contribution in [2.24, 2.45) is 0 Å². The van der Waals surface area contributed by atoms with Gasteiger partial charge in [0.1, 0.15) is 4.88 Å². The third-order valence-corrected chi connectivity index (χ3v) is 5.16. The third kappa shape index (κ3) is 3.08. The molecule has 1 saturated heterocycles. The van der Waals surface area contributed by atoms with Crippen LogP contribution in [0, 0.1) is 6.92 Å². The molecule has 1 fully saturated rings. The van der Waals surface area contributed by atoms with Crippen LogP contribution in [0.2, 0.25) is 0 Å². The van der Waals surface area contributed by atoms with Crippen molar-refractivity contribution in [3.05, 3.63) is 35.1 Å². The van der Waals surface area contributed by atoms with Gasteiger partial charge in [-0.25, -0.2) is 4.98 Å². The van der Waals surface area contributed by atoms with Crippen molar-refractivity contribution in [2.75, 3.05) is 32.7 Å². The molecule has 0 radical (unpaired) electrons. The summed E-state index contributed by atoms with van der Waals surface area (Å²) in [6.07, 6.45) is 5.08. The summed E-state index contributed by atoms with van der Waals surface area (Å²) in [7, 11) is 0. The number of aromatic nitrogens is 2. The van der Waals surface area contributed by atoms with E-state index in [1.54, 1.807) is 0 Å². The number of piperazine rings is 1. The summed E-state index contributed by atoms with van der Waals surface area (Å²) in [6.45, 7) is 8.82. The first-order valence-corrected chi connectivity index (χ1v) is 8.63. The van der Waals surface area contributed by atoms with Gasteiger partial charge in [0.05, 0.1) is 5.69 Å². The molecule has 6 heteroatoms. The average molecular weight is 318 g/mol. The number of hydrogen-bond donors (Lipinski definition) is 0. The van der Waals surface area contributed by atoms with Crippen molar-refractivity contribution in [2.45, 2.75) is 20.3 Å². The van der Waals surface area contributed by atoms with E-state index < -0.39 is 0 Å². The smallest absolute Gasteiger partial charge is 0.266 e. The second-order valence-corrected chi connectivity index (χ2v) is 6.61. The van der Waals surface area contributed by atoms with E-state index in [1.807, 2.05) is 40.9 Å². The summed E-state index contributed by atoms with van der Waals surface area (Å²) in [4.78, 5) is 22.4. The molecule has 0 bridgehead atoms. The van der Waals surface area contributed by atoms with Gasteiger partial charge < -0.3 is 9.47 Å².